The molecule has 0 bridgehead atoms. The molecule has 2 heterocycles. The summed E-state index contributed by atoms with van der Waals surface area (Å²) < 4.78 is 10.7. The lowest BCUT2D eigenvalue weighted by Crippen LogP contribution is -2.20. The lowest BCUT2D eigenvalue weighted by atomic mass is 10.2. The molecule has 28 heavy (non-hydrogen) atoms. The Bertz CT molecular complexity index is 934. The lowest BCUT2D eigenvalue weighted by Gasteiger charge is -2.05. The molecule has 1 N–H and O–H groups in total. The first-order chi connectivity index (χ1) is 13.6. The van der Waals surface area contributed by atoms with Crippen LogP contribution in [0.3, 0.4) is 0 Å². The van der Waals surface area contributed by atoms with Crippen LogP contribution < -0.4 is 14.8 Å². The number of aromatic nitrogens is 2. The maximum atomic E-state index is 12.0. The molecule has 7 heteroatoms. The highest BCUT2D eigenvalue weighted by Gasteiger charge is 2.01. The Balaban J connectivity index is 1.45. The molecule has 0 aliphatic rings. The number of methoxy groups -OCH3 is 1. The first kappa shape index (κ1) is 19.6. The Morgan fingerprint density at radius 2 is 2.04 bits per heavy atom. The first-order valence-corrected chi connectivity index (χ1v) is 9.59. The highest BCUT2D eigenvalue weighted by atomic mass is 32.1. The van der Waals surface area contributed by atoms with Crippen molar-refractivity contribution in [2.24, 2.45) is 0 Å². The zero-order valence-electron chi connectivity index (χ0n) is 15.7. The molecule has 3 rings (SSSR count). The molecule has 3 aromatic rings. The Hall–Kier alpha value is -3.19. The van der Waals surface area contributed by atoms with E-state index in [1.807, 2.05) is 42.6 Å². The van der Waals surface area contributed by atoms with Crippen molar-refractivity contribution >= 4 is 23.3 Å². The van der Waals surface area contributed by atoms with Crippen molar-refractivity contribution in [3.05, 3.63) is 75.9 Å². The highest BCUT2D eigenvalue weighted by molar-refractivity contribution is 7.09. The van der Waals surface area contributed by atoms with E-state index in [0.29, 0.717) is 19.0 Å². The number of hydrogen-bond acceptors (Lipinski definition) is 6. The first-order valence-electron chi connectivity index (χ1n) is 8.71. The summed E-state index contributed by atoms with van der Waals surface area (Å²) >= 11 is 1.61. The highest BCUT2D eigenvalue weighted by Crippen LogP contribution is 2.16. The van der Waals surface area contributed by atoms with Gasteiger partial charge in [0, 0.05) is 30.3 Å². The monoisotopic (exact) mass is 395 g/mol. The van der Waals surface area contributed by atoms with Gasteiger partial charge in [-0.3, -0.25) is 4.79 Å². The fraction of sp³-hybridized carbons (Fsp3) is 0.190. The molecule has 1 amide bonds. The van der Waals surface area contributed by atoms with Crippen molar-refractivity contribution in [2.45, 2.75) is 20.1 Å². The van der Waals surface area contributed by atoms with E-state index in [2.05, 4.69) is 15.3 Å². The number of nitrogens with one attached hydrogen (secondary N) is 1. The molecule has 0 radical (unpaired) electrons. The summed E-state index contributed by atoms with van der Waals surface area (Å²) in [5, 5.41) is 5.84. The van der Waals surface area contributed by atoms with Gasteiger partial charge < -0.3 is 14.8 Å². The van der Waals surface area contributed by atoms with Crippen molar-refractivity contribution in [1.82, 2.24) is 15.3 Å². The molecule has 0 atom stereocenters. The number of carbonyl (C=O) groups excluding carboxylic acids is 1. The zero-order valence-corrected chi connectivity index (χ0v) is 16.5. The van der Waals surface area contributed by atoms with Crippen LogP contribution in [0.25, 0.3) is 6.08 Å². The topological polar surface area (TPSA) is 73.3 Å². The fourth-order valence-corrected chi connectivity index (χ4v) is 2.96. The summed E-state index contributed by atoms with van der Waals surface area (Å²) in [6.45, 7) is 2.82. The van der Waals surface area contributed by atoms with Crippen LogP contribution in [0.2, 0.25) is 0 Å². The van der Waals surface area contributed by atoms with E-state index in [-0.39, 0.29) is 5.91 Å². The van der Waals surface area contributed by atoms with Crippen LogP contribution in [0, 0.1) is 6.92 Å². The second-order valence-corrected chi connectivity index (χ2v) is 7.04. The zero-order chi connectivity index (χ0) is 19.8. The summed E-state index contributed by atoms with van der Waals surface area (Å²) in [5.41, 5.74) is 2.74. The minimum Gasteiger partial charge on any atom is -0.487 e. The quantitative estimate of drug-likeness (QED) is 0.588. The van der Waals surface area contributed by atoms with Crippen molar-refractivity contribution in [3.63, 3.8) is 0 Å². The molecule has 0 saturated heterocycles. The van der Waals surface area contributed by atoms with E-state index in [1.165, 1.54) is 6.08 Å². The number of carbonyl (C=O) groups is 1. The standard InChI is InChI=1S/C21H21N3O3S/c1-15-24-18(14-28-15)13-27-19-7-3-16(4-8-19)5-9-20(25)22-11-17-6-10-21(26-2)23-12-17/h3-10,12,14H,11,13H2,1-2H3,(H,22,25)/b9-5+. The van der Waals surface area contributed by atoms with Crippen molar-refractivity contribution in [1.29, 1.82) is 0 Å². The minimum absolute atomic E-state index is 0.171. The smallest absolute Gasteiger partial charge is 0.244 e. The average molecular weight is 395 g/mol. The van der Waals surface area contributed by atoms with Gasteiger partial charge in [-0.05, 0) is 36.3 Å². The van der Waals surface area contributed by atoms with Crippen LogP contribution in [0.15, 0.2) is 54.1 Å². The molecule has 0 saturated carbocycles. The number of amides is 1. The lowest BCUT2D eigenvalue weighted by molar-refractivity contribution is -0.116. The minimum atomic E-state index is -0.171. The van der Waals surface area contributed by atoms with Crippen molar-refractivity contribution in [3.8, 4) is 11.6 Å². The summed E-state index contributed by atoms with van der Waals surface area (Å²) in [6.07, 6.45) is 4.94. The summed E-state index contributed by atoms with van der Waals surface area (Å²) in [6, 6.07) is 11.2. The van der Waals surface area contributed by atoms with E-state index in [1.54, 1.807) is 36.8 Å². The van der Waals surface area contributed by atoms with Gasteiger partial charge in [0.05, 0.1) is 17.8 Å². The molecule has 2 aromatic heterocycles. The van der Waals surface area contributed by atoms with Gasteiger partial charge in [0.1, 0.15) is 12.4 Å². The summed E-state index contributed by atoms with van der Waals surface area (Å²) in [5.74, 6) is 1.14. The Morgan fingerprint density at radius 3 is 2.68 bits per heavy atom. The van der Waals surface area contributed by atoms with Crippen molar-refractivity contribution in [2.75, 3.05) is 7.11 Å². The molecule has 144 valence electrons. The predicted octanol–water partition coefficient (Wildman–Crippen LogP) is 3.76. The number of pyridine rings is 1. The number of aryl methyl sites for hydroxylation is 1. The van der Waals surface area contributed by atoms with Gasteiger partial charge in [-0.15, -0.1) is 11.3 Å². The van der Waals surface area contributed by atoms with Gasteiger partial charge in [0.2, 0.25) is 11.8 Å². The molecule has 0 fully saturated rings. The number of nitrogens with zero attached hydrogens (tertiary/aromatic N) is 2. The van der Waals surface area contributed by atoms with Gasteiger partial charge in [-0.1, -0.05) is 18.2 Å². The molecule has 6 nitrogen and oxygen atoms in total. The van der Waals surface area contributed by atoms with E-state index >= 15 is 0 Å². The van der Waals surface area contributed by atoms with Gasteiger partial charge in [-0.25, -0.2) is 9.97 Å². The maximum absolute atomic E-state index is 12.0. The van der Waals surface area contributed by atoms with Gasteiger partial charge in [0.15, 0.2) is 0 Å². The normalized spacial score (nSPS) is 10.8. The molecule has 1 aromatic carbocycles. The van der Waals surface area contributed by atoms with Crippen molar-refractivity contribution < 1.29 is 14.3 Å². The third-order valence-corrected chi connectivity index (χ3v) is 4.66. The second kappa shape index (κ2) is 9.66. The van der Waals surface area contributed by atoms with Gasteiger partial charge in [0.25, 0.3) is 0 Å². The predicted molar refractivity (Wildman–Crippen MR) is 109 cm³/mol. The number of benzene rings is 1. The Morgan fingerprint density at radius 1 is 1.21 bits per heavy atom. The molecule has 0 spiro atoms. The SMILES string of the molecule is COc1ccc(CNC(=O)/C=C/c2ccc(OCc3csc(C)n3)cc2)cn1. The molecule has 0 aliphatic heterocycles. The van der Waals surface area contributed by atoms with Crippen LogP contribution in [0.4, 0.5) is 0 Å². The second-order valence-electron chi connectivity index (χ2n) is 5.98. The van der Waals surface area contributed by atoms with Crippen LogP contribution in [0.5, 0.6) is 11.6 Å². The number of ether oxygens (including phenoxy) is 2. The third kappa shape index (κ3) is 5.92. The Labute approximate surface area is 167 Å². The number of hydrogen-bond donors (Lipinski definition) is 1. The van der Waals surface area contributed by atoms with E-state index in [4.69, 9.17) is 9.47 Å². The van der Waals surface area contributed by atoms with Crippen LogP contribution >= 0.6 is 11.3 Å². The average Bonchev–Trinajstić information content (AvgIpc) is 3.15. The molecule has 0 unspecified atom stereocenters. The molecular formula is C21H21N3O3S. The van der Waals surface area contributed by atoms with Gasteiger partial charge in [-0.2, -0.15) is 0 Å². The number of thiazole rings is 1. The maximum Gasteiger partial charge on any atom is 0.244 e. The Kier molecular flexibility index (Phi) is 6.75. The molecule has 0 aliphatic carbocycles. The van der Waals surface area contributed by atoms with E-state index in [0.717, 1.165) is 27.6 Å². The molecular weight excluding hydrogens is 374 g/mol. The van der Waals surface area contributed by atoms with Crippen LogP contribution in [0.1, 0.15) is 21.8 Å². The van der Waals surface area contributed by atoms with E-state index < -0.39 is 0 Å². The third-order valence-electron chi connectivity index (χ3n) is 3.83. The summed E-state index contributed by atoms with van der Waals surface area (Å²) in [4.78, 5) is 20.4. The fourth-order valence-electron chi connectivity index (χ4n) is 2.36. The number of rotatable bonds is 8. The van der Waals surface area contributed by atoms with E-state index in [9.17, 15) is 4.79 Å². The van der Waals surface area contributed by atoms with Crippen LogP contribution in [-0.2, 0) is 17.9 Å². The largest absolute Gasteiger partial charge is 0.487 e. The van der Waals surface area contributed by atoms with Gasteiger partial charge >= 0.3 is 0 Å². The van der Waals surface area contributed by atoms with Crippen LogP contribution in [-0.4, -0.2) is 23.0 Å². The summed E-state index contributed by atoms with van der Waals surface area (Å²) in [7, 11) is 1.56.